The van der Waals surface area contributed by atoms with Crippen molar-refractivity contribution < 1.29 is 0 Å². The van der Waals surface area contributed by atoms with Crippen LogP contribution in [0.2, 0.25) is 0 Å². The molecule has 0 unspecified atom stereocenters. The molecule has 0 bridgehead atoms. The van der Waals surface area contributed by atoms with Crippen LogP contribution in [0.25, 0.3) is 0 Å². The first kappa shape index (κ1) is 7.11. The van der Waals surface area contributed by atoms with Crippen LogP contribution < -0.4 is 0 Å². The van der Waals surface area contributed by atoms with Gasteiger partial charge in [-0.15, -0.1) is 11.6 Å². The predicted octanol–water partition coefficient (Wildman–Crippen LogP) is 2.10. The topological polar surface area (TPSA) is 23.8 Å². The highest BCUT2D eigenvalue weighted by Crippen LogP contribution is 2.05. The fourth-order valence-electron chi connectivity index (χ4n) is 0.663. The van der Waals surface area contributed by atoms with Crippen LogP contribution in [0, 0.1) is 17.4 Å². The zero-order chi connectivity index (χ0) is 7.40. The molecular formula is C8H5ClN. The number of hydrogen-bond donors (Lipinski definition) is 0. The summed E-state index contributed by atoms with van der Waals surface area (Å²) >= 11 is 5.52. The summed E-state index contributed by atoms with van der Waals surface area (Å²) in [5.41, 5.74) is 1.50. The first-order valence-electron chi connectivity index (χ1n) is 2.83. The molecule has 1 nitrogen and oxygen atoms in total. The van der Waals surface area contributed by atoms with Gasteiger partial charge in [0.15, 0.2) is 0 Å². The lowest BCUT2D eigenvalue weighted by Crippen LogP contribution is -1.79. The van der Waals surface area contributed by atoms with E-state index in [1.54, 1.807) is 18.2 Å². The van der Waals surface area contributed by atoms with Crippen LogP contribution in [-0.4, -0.2) is 0 Å². The van der Waals surface area contributed by atoms with Crippen molar-refractivity contribution in [2.45, 2.75) is 5.88 Å². The molecule has 0 saturated carbocycles. The SMILES string of the molecule is N#Cc1cc[c]c(CCl)c1. The molecule has 0 N–H and O–H groups in total. The fraction of sp³-hybridized carbons (Fsp3) is 0.125. The summed E-state index contributed by atoms with van der Waals surface area (Å²) in [6.45, 7) is 0. The van der Waals surface area contributed by atoms with Gasteiger partial charge in [0, 0.05) is 5.88 Å². The van der Waals surface area contributed by atoms with Crippen LogP contribution in [-0.2, 0) is 5.88 Å². The average Bonchev–Trinajstić information content (AvgIpc) is 2.05. The maximum atomic E-state index is 8.45. The van der Waals surface area contributed by atoms with Gasteiger partial charge in [-0.1, -0.05) is 6.07 Å². The highest BCUT2D eigenvalue weighted by atomic mass is 35.5. The Morgan fingerprint density at radius 2 is 2.50 bits per heavy atom. The molecule has 0 fully saturated rings. The van der Waals surface area contributed by atoms with Crippen molar-refractivity contribution in [1.29, 1.82) is 5.26 Å². The van der Waals surface area contributed by atoms with Crippen LogP contribution in [0.3, 0.4) is 0 Å². The van der Waals surface area contributed by atoms with Gasteiger partial charge in [0.05, 0.1) is 11.6 Å². The molecule has 1 aromatic rings. The van der Waals surface area contributed by atoms with Gasteiger partial charge in [0.25, 0.3) is 0 Å². The lowest BCUT2D eigenvalue weighted by atomic mass is 10.2. The van der Waals surface area contributed by atoms with E-state index in [2.05, 4.69) is 6.07 Å². The van der Waals surface area contributed by atoms with E-state index in [-0.39, 0.29) is 0 Å². The van der Waals surface area contributed by atoms with Crippen molar-refractivity contribution in [3.63, 3.8) is 0 Å². The number of halogens is 1. The summed E-state index contributed by atoms with van der Waals surface area (Å²) < 4.78 is 0. The summed E-state index contributed by atoms with van der Waals surface area (Å²) in [5, 5.41) is 8.45. The van der Waals surface area contributed by atoms with E-state index in [9.17, 15) is 0 Å². The smallest absolute Gasteiger partial charge is 0.0991 e. The van der Waals surface area contributed by atoms with E-state index >= 15 is 0 Å². The monoisotopic (exact) mass is 150 g/mol. The van der Waals surface area contributed by atoms with E-state index in [1.165, 1.54) is 0 Å². The maximum Gasteiger partial charge on any atom is 0.0991 e. The third-order valence-electron chi connectivity index (χ3n) is 1.13. The Labute approximate surface area is 64.9 Å². The van der Waals surface area contributed by atoms with Crippen molar-refractivity contribution >= 4 is 11.6 Å². The zero-order valence-corrected chi connectivity index (χ0v) is 6.02. The van der Waals surface area contributed by atoms with Crippen molar-refractivity contribution in [2.24, 2.45) is 0 Å². The molecule has 0 aliphatic carbocycles. The minimum Gasteiger partial charge on any atom is -0.192 e. The first-order valence-corrected chi connectivity index (χ1v) is 3.37. The first-order chi connectivity index (χ1) is 4.86. The molecule has 0 spiro atoms. The van der Waals surface area contributed by atoms with Crippen molar-refractivity contribution in [3.8, 4) is 6.07 Å². The van der Waals surface area contributed by atoms with Gasteiger partial charge in [-0.2, -0.15) is 5.26 Å². The van der Waals surface area contributed by atoms with Gasteiger partial charge < -0.3 is 0 Å². The quantitative estimate of drug-likeness (QED) is 0.563. The minimum atomic E-state index is 0.412. The number of hydrogen-bond acceptors (Lipinski definition) is 1. The Morgan fingerprint density at radius 3 is 3.10 bits per heavy atom. The predicted molar refractivity (Wildman–Crippen MR) is 39.6 cm³/mol. The second-order valence-corrected chi connectivity index (χ2v) is 2.12. The van der Waals surface area contributed by atoms with Gasteiger partial charge in [0.2, 0.25) is 0 Å². The van der Waals surface area contributed by atoms with Crippen LogP contribution in [0.15, 0.2) is 18.2 Å². The normalized spacial score (nSPS) is 8.80. The fourth-order valence-corrected chi connectivity index (χ4v) is 0.817. The van der Waals surface area contributed by atoms with E-state index in [0.29, 0.717) is 11.4 Å². The van der Waals surface area contributed by atoms with Gasteiger partial charge in [0.1, 0.15) is 0 Å². The Balaban J connectivity index is 3.01. The Morgan fingerprint density at radius 1 is 1.70 bits per heavy atom. The third-order valence-corrected chi connectivity index (χ3v) is 1.42. The third kappa shape index (κ3) is 1.49. The van der Waals surface area contributed by atoms with E-state index < -0.39 is 0 Å². The number of nitriles is 1. The average molecular weight is 151 g/mol. The van der Waals surface area contributed by atoms with E-state index in [1.807, 2.05) is 6.07 Å². The van der Waals surface area contributed by atoms with Crippen molar-refractivity contribution in [2.75, 3.05) is 0 Å². The van der Waals surface area contributed by atoms with Gasteiger partial charge >= 0.3 is 0 Å². The van der Waals surface area contributed by atoms with Gasteiger partial charge in [-0.3, -0.25) is 0 Å². The molecule has 1 rings (SSSR count). The van der Waals surface area contributed by atoms with Crippen LogP contribution >= 0.6 is 11.6 Å². The maximum absolute atomic E-state index is 8.45. The molecule has 1 radical (unpaired) electrons. The molecule has 2 heteroatoms. The molecule has 0 atom stereocenters. The summed E-state index contributed by atoms with van der Waals surface area (Å²) in [7, 11) is 0. The highest BCUT2D eigenvalue weighted by Gasteiger charge is 1.91. The van der Waals surface area contributed by atoms with Crippen molar-refractivity contribution in [3.05, 3.63) is 35.4 Å². The Bertz CT molecular complexity index is 262. The molecule has 1 aromatic carbocycles. The zero-order valence-electron chi connectivity index (χ0n) is 5.26. The molecule has 0 saturated heterocycles. The van der Waals surface area contributed by atoms with E-state index in [0.717, 1.165) is 5.56 Å². The summed E-state index contributed by atoms with van der Waals surface area (Å²) in [6, 6.07) is 10.1. The second-order valence-electron chi connectivity index (χ2n) is 1.85. The Kier molecular flexibility index (Phi) is 2.30. The summed E-state index contributed by atoms with van der Waals surface area (Å²) in [6.07, 6.45) is 0. The van der Waals surface area contributed by atoms with E-state index in [4.69, 9.17) is 16.9 Å². The molecule has 10 heavy (non-hydrogen) atoms. The number of benzene rings is 1. The van der Waals surface area contributed by atoms with Gasteiger partial charge in [-0.25, -0.2) is 0 Å². The number of nitrogens with zero attached hydrogens (tertiary/aromatic N) is 1. The highest BCUT2D eigenvalue weighted by molar-refractivity contribution is 6.17. The molecule has 0 aliphatic heterocycles. The summed E-state index contributed by atoms with van der Waals surface area (Å²) in [5.74, 6) is 0.412. The summed E-state index contributed by atoms with van der Waals surface area (Å²) in [4.78, 5) is 0. The molecular weight excluding hydrogens is 146 g/mol. The molecule has 0 aromatic heterocycles. The van der Waals surface area contributed by atoms with Crippen LogP contribution in [0.4, 0.5) is 0 Å². The van der Waals surface area contributed by atoms with Gasteiger partial charge in [-0.05, 0) is 23.8 Å². The van der Waals surface area contributed by atoms with Crippen LogP contribution in [0.5, 0.6) is 0 Å². The minimum absolute atomic E-state index is 0.412. The largest absolute Gasteiger partial charge is 0.192 e. The second kappa shape index (κ2) is 3.24. The lowest BCUT2D eigenvalue weighted by Gasteiger charge is -1.91. The molecule has 49 valence electrons. The molecule has 0 amide bonds. The molecule has 0 heterocycles. The van der Waals surface area contributed by atoms with Crippen molar-refractivity contribution in [1.82, 2.24) is 0 Å². The molecule has 0 aliphatic rings. The standard InChI is InChI=1S/C8H5ClN/c9-5-7-2-1-3-8(4-7)6-10/h1,3-4H,5H2. The van der Waals surface area contributed by atoms with Crippen LogP contribution in [0.1, 0.15) is 11.1 Å². The number of alkyl halides is 1. The Hall–Kier alpha value is -1.00. The lowest BCUT2D eigenvalue weighted by molar-refractivity contribution is 1.37. The number of rotatable bonds is 1.